The normalized spacial score (nSPS) is 15.4. The molecule has 0 radical (unpaired) electrons. The van der Waals surface area contributed by atoms with Crippen LogP contribution in [0.5, 0.6) is 0 Å². The third kappa shape index (κ3) is 5.34. The van der Waals surface area contributed by atoms with E-state index < -0.39 is 18.4 Å². The van der Waals surface area contributed by atoms with Gasteiger partial charge in [-0.2, -0.15) is 0 Å². The highest BCUT2D eigenvalue weighted by Crippen LogP contribution is 2.32. The molecule has 1 saturated heterocycles. The van der Waals surface area contributed by atoms with Crippen molar-refractivity contribution in [3.63, 3.8) is 0 Å². The zero-order chi connectivity index (χ0) is 23.4. The first kappa shape index (κ1) is 23.9. The first-order valence-corrected chi connectivity index (χ1v) is 11.3. The van der Waals surface area contributed by atoms with Crippen LogP contribution in [0.15, 0.2) is 28.0 Å². The van der Waals surface area contributed by atoms with E-state index in [9.17, 15) is 14.4 Å². The third-order valence-corrected chi connectivity index (χ3v) is 5.97. The van der Waals surface area contributed by atoms with E-state index in [1.165, 1.54) is 10.5 Å². The number of carbonyl (C=O) groups is 2. The first-order valence-electron chi connectivity index (χ1n) is 10.0. The number of ether oxygens (including phenoxy) is 1. The van der Waals surface area contributed by atoms with Gasteiger partial charge in [-0.3, -0.25) is 23.7 Å². The summed E-state index contributed by atoms with van der Waals surface area (Å²) >= 11 is 6.11. The van der Waals surface area contributed by atoms with E-state index in [0.29, 0.717) is 31.0 Å². The molecule has 3 rings (SSSR count). The molecule has 2 N–H and O–H groups in total. The Labute approximate surface area is 194 Å². The number of hydrogen-bond donors (Lipinski definition) is 2. The summed E-state index contributed by atoms with van der Waals surface area (Å²) in [5, 5.41) is 12.2. The summed E-state index contributed by atoms with van der Waals surface area (Å²) in [5.41, 5.74) is 1.20. The molecule has 2 aromatic heterocycles. The molecule has 2 aromatic rings. The number of aromatic nitrogens is 2. The Kier molecular flexibility index (Phi) is 7.64. The molecule has 0 saturated carbocycles. The van der Waals surface area contributed by atoms with E-state index in [1.54, 1.807) is 12.3 Å². The molecule has 1 amide bonds. The van der Waals surface area contributed by atoms with Crippen LogP contribution in [0.2, 0.25) is 0 Å². The SMILES string of the molecule is Cc1cccn2c(=O)c(/C=C3\SC(=S)N(CC(=O)O)C3=O)c(NCCCOC(C)C)nc12. The number of amides is 1. The Balaban J connectivity index is 1.99. The smallest absolute Gasteiger partial charge is 0.323 e. The summed E-state index contributed by atoms with van der Waals surface area (Å²) in [6.07, 6.45) is 3.88. The predicted octanol–water partition coefficient (Wildman–Crippen LogP) is 2.52. The molecule has 0 bridgehead atoms. The molecule has 1 aliphatic rings. The van der Waals surface area contributed by atoms with Crippen LogP contribution in [0, 0.1) is 6.92 Å². The van der Waals surface area contributed by atoms with E-state index in [1.807, 2.05) is 26.8 Å². The minimum absolute atomic E-state index is 0.129. The highest BCUT2D eigenvalue weighted by molar-refractivity contribution is 8.26. The number of anilines is 1. The fourth-order valence-electron chi connectivity index (χ4n) is 3.08. The van der Waals surface area contributed by atoms with Gasteiger partial charge in [-0.1, -0.05) is 30.0 Å². The zero-order valence-corrected chi connectivity index (χ0v) is 19.6. The minimum atomic E-state index is -1.17. The van der Waals surface area contributed by atoms with Gasteiger partial charge in [-0.05, 0) is 44.9 Å². The Bertz CT molecular complexity index is 1160. The molecule has 3 heterocycles. The summed E-state index contributed by atoms with van der Waals surface area (Å²) in [6, 6.07) is 3.61. The molecule has 1 fully saturated rings. The van der Waals surface area contributed by atoms with Crippen LogP contribution in [-0.4, -0.2) is 61.4 Å². The van der Waals surface area contributed by atoms with Gasteiger partial charge in [-0.25, -0.2) is 4.98 Å². The predicted molar refractivity (Wildman–Crippen MR) is 128 cm³/mol. The van der Waals surface area contributed by atoms with E-state index in [-0.39, 0.29) is 26.5 Å². The molecule has 0 aliphatic carbocycles. The summed E-state index contributed by atoms with van der Waals surface area (Å²) in [5.74, 6) is -1.37. The van der Waals surface area contributed by atoms with Crippen molar-refractivity contribution in [1.82, 2.24) is 14.3 Å². The van der Waals surface area contributed by atoms with Gasteiger partial charge in [0, 0.05) is 19.3 Å². The summed E-state index contributed by atoms with van der Waals surface area (Å²) in [7, 11) is 0. The maximum Gasteiger partial charge on any atom is 0.323 e. The van der Waals surface area contributed by atoms with Gasteiger partial charge >= 0.3 is 5.97 Å². The quantitative estimate of drug-likeness (QED) is 0.320. The Morgan fingerprint density at radius 3 is 2.84 bits per heavy atom. The number of aliphatic carboxylic acids is 1. The van der Waals surface area contributed by atoms with Crippen molar-refractivity contribution in [3.05, 3.63) is 44.7 Å². The number of aryl methyl sites for hydroxylation is 1. The van der Waals surface area contributed by atoms with Crippen LogP contribution in [0.25, 0.3) is 11.7 Å². The minimum Gasteiger partial charge on any atom is -0.480 e. The van der Waals surface area contributed by atoms with Crippen molar-refractivity contribution in [2.45, 2.75) is 33.3 Å². The molecule has 9 nitrogen and oxygen atoms in total. The third-order valence-electron chi connectivity index (χ3n) is 4.59. The van der Waals surface area contributed by atoms with E-state index in [2.05, 4.69) is 10.3 Å². The number of fused-ring (bicyclic) bond motifs is 1. The molecule has 0 atom stereocenters. The largest absolute Gasteiger partial charge is 0.480 e. The number of nitrogens with zero attached hydrogens (tertiary/aromatic N) is 3. The van der Waals surface area contributed by atoms with Crippen molar-refractivity contribution in [1.29, 1.82) is 0 Å². The summed E-state index contributed by atoms with van der Waals surface area (Å²) < 4.78 is 7.10. The van der Waals surface area contributed by atoms with Crippen molar-refractivity contribution in [3.8, 4) is 0 Å². The molecule has 0 aromatic carbocycles. The van der Waals surface area contributed by atoms with Gasteiger partial charge in [0.25, 0.3) is 11.5 Å². The number of carbonyl (C=O) groups excluding carboxylic acids is 1. The average Bonchev–Trinajstić information content (AvgIpc) is 2.98. The average molecular weight is 477 g/mol. The lowest BCUT2D eigenvalue weighted by molar-refractivity contribution is -0.140. The van der Waals surface area contributed by atoms with Crippen LogP contribution in [0.1, 0.15) is 31.4 Å². The molecule has 32 heavy (non-hydrogen) atoms. The van der Waals surface area contributed by atoms with E-state index in [4.69, 9.17) is 22.1 Å². The first-order chi connectivity index (χ1) is 15.2. The maximum absolute atomic E-state index is 13.3. The molecule has 0 spiro atoms. The second-order valence-corrected chi connectivity index (χ2v) is 9.10. The van der Waals surface area contributed by atoms with Crippen LogP contribution in [0.3, 0.4) is 0 Å². The van der Waals surface area contributed by atoms with E-state index in [0.717, 1.165) is 22.2 Å². The highest BCUT2D eigenvalue weighted by Gasteiger charge is 2.34. The zero-order valence-electron chi connectivity index (χ0n) is 18.0. The number of carboxylic acids is 1. The number of hydrogen-bond acceptors (Lipinski definition) is 8. The van der Waals surface area contributed by atoms with Gasteiger partial charge in [0.2, 0.25) is 0 Å². The topological polar surface area (TPSA) is 113 Å². The Morgan fingerprint density at radius 1 is 1.41 bits per heavy atom. The summed E-state index contributed by atoms with van der Waals surface area (Å²) in [6.45, 7) is 6.32. The summed E-state index contributed by atoms with van der Waals surface area (Å²) in [4.78, 5) is 42.8. The van der Waals surface area contributed by atoms with Gasteiger partial charge in [-0.15, -0.1) is 0 Å². The van der Waals surface area contributed by atoms with Crippen LogP contribution >= 0.6 is 24.0 Å². The standard InChI is InChI=1S/C21H24N4O5S2/c1-12(2)30-9-5-7-22-17-14(19(28)24-8-4-6-13(3)18(24)23-17)10-15-20(29)25(11-16(26)27)21(31)32-15/h4,6,8,10,12,22H,5,7,9,11H2,1-3H3,(H,26,27)/b15-10-. The Hall–Kier alpha value is -2.76. The van der Waals surface area contributed by atoms with Gasteiger partial charge in [0.1, 0.15) is 22.3 Å². The molecule has 11 heteroatoms. The van der Waals surface area contributed by atoms with Crippen molar-refractivity contribution < 1.29 is 19.4 Å². The lowest BCUT2D eigenvalue weighted by Gasteiger charge is -2.13. The fraction of sp³-hybridized carbons (Fsp3) is 0.381. The second kappa shape index (κ2) is 10.2. The number of pyridine rings is 1. The molecule has 170 valence electrons. The number of thiocarbonyl (C=S) groups is 1. The highest BCUT2D eigenvalue weighted by atomic mass is 32.2. The van der Waals surface area contributed by atoms with Crippen molar-refractivity contribution >= 4 is 57.7 Å². The number of rotatable bonds is 9. The fourth-order valence-corrected chi connectivity index (χ4v) is 4.31. The molecule has 1 aliphatic heterocycles. The van der Waals surface area contributed by atoms with Gasteiger partial charge < -0.3 is 15.2 Å². The number of nitrogens with one attached hydrogen (secondary N) is 1. The monoisotopic (exact) mass is 476 g/mol. The van der Waals surface area contributed by atoms with Gasteiger partial charge in [0.15, 0.2) is 0 Å². The second-order valence-electron chi connectivity index (χ2n) is 7.43. The lowest BCUT2D eigenvalue weighted by Crippen LogP contribution is -2.33. The molecular formula is C21H24N4O5S2. The van der Waals surface area contributed by atoms with Gasteiger partial charge in [0.05, 0.1) is 16.6 Å². The van der Waals surface area contributed by atoms with Crippen molar-refractivity contribution in [2.24, 2.45) is 0 Å². The molecular weight excluding hydrogens is 452 g/mol. The van der Waals surface area contributed by atoms with Crippen LogP contribution in [-0.2, 0) is 14.3 Å². The number of thioether (sulfide) groups is 1. The number of carboxylic acid groups (broad SMARTS) is 1. The van der Waals surface area contributed by atoms with Crippen LogP contribution in [0.4, 0.5) is 5.82 Å². The maximum atomic E-state index is 13.3. The van der Waals surface area contributed by atoms with E-state index >= 15 is 0 Å². The van der Waals surface area contributed by atoms with Crippen LogP contribution < -0.4 is 10.9 Å². The Morgan fingerprint density at radius 2 is 2.16 bits per heavy atom. The van der Waals surface area contributed by atoms with Crippen molar-refractivity contribution in [2.75, 3.05) is 25.0 Å². The lowest BCUT2D eigenvalue weighted by atomic mass is 10.2. The molecule has 0 unspecified atom stereocenters.